The van der Waals surface area contributed by atoms with Gasteiger partial charge in [-0.15, -0.1) is 0 Å². The zero-order chi connectivity index (χ0) is 26.6. The first-order chi connectivity index (χ1) is 17.6. The van der Waals surface area contributed by atoms with Gasteiger partial charge < -0.3 is 29.5 Å². The summed E-state index contributed by atoms with van der Waals surface area (Å²) in [5.74, 6) is 1.46. The van der Waals surface area contributed by atoms with Gasteiger partial charge in [0.15, 0.2) is 0 Å². The fourth-order valence-corrected chi connectivity index (χ4v) is 5.52. The van der Waals surface area contributed by atoms with Crippen LogP contribution in [0.3, 0.4) is 0 Å². The van der Waals surface area contributed by atoms with Crippen molar-refractivity contribution in [3.8, 4) is 11.5 Å². The summed E-state index contributed by atoms with van der Waals surface area (Å²) < 4.78 is 11.3. The first-order valence-electron chi connectivity index (χ1n) is 13.1. The number of methoxy groups -OCH3 is 1. The Balaban J connectivity index is 1.40. The molecule has 37 heavy (non-hydrogen) atoms. The van der Waals surface area contributed by atoms with E-state index in [1.807, 2.05) is 50.2 Å². The molecule has 2 aromatic rings. The number of aliphatic hydroxyl groups is 2. The van der Waals surface area contributed by atoms with E-state index in [9.17, 15) is 15.0 Å². The van der Waals surface area contributed by atoms with Gasteiger partial charge >= 0.3 is 0 Å². The van der Waals surface area contributed by atoms with Crippen LogP contribution in [0.4, 0.5) is 5.69 Å². The molecule has 2 N–H and O–H groups in total. The number of carbonyl (C=O) groups is 1. The Bertz CT molecular complexity index is 1050. The van der Waals surface area contributed by atoms with E-state index < -0.39 is 11.2 Å². The minimum absolute atomic E-state index is 0.0693. The van der Waals surface area contributed by atoms with Gasteiger partial charge in [0.25, 0.3) is 0 Å². The molecule has 202 valence electrons. The summed E-state index contributed by atoms with van der Waals surface area (Å²) >= 11 is 0. The highest BCUT2D eigenvalue weighted by Gasteiger charge is 2.41. The number of benzene rings is 2. The van der Waals surface area contributed by atoms with E-state index in [2.05, 4.69) is 15.9 Å². The Morgan fingerprint density at radius 1 is 0.892 bits per heavy atom. The molecule has 8 nitrogen and oxygen atoms in total. The first kappa shape index (κ1) is 27.2. The molecule has 1 amide bonds. The molecular weight excluding hydrogens is 470 g/mol. The molecule has 1 atom stereocenters. The summed E-state index contributed by atoms with van der Waals surface area (Å²) in [7, 11) is 1.66. The van der Waals surface area contributed by atoms with E-state index >= 15 is 0 Å². The van der Waals surface area contributed by atoms with Crippen LogP contribution in [-0.4, -0.2) is 96.7 Å². The largest absolute Gasteiger partial charge is 0.497 e. The van der Waals surface area contributed by atoms with Gasteiger partial charge in [0, 0.05) is 51.9 Å². The maximum atomic E-state index is 12.3. The zero-order valence-corrected chi connectivity index (χ0v) is 22.6. The summed E-state index contributed by atoms with van der Waals surface area (Å²) in [6.07, 6.45) is 1.26. The quantitative estimate of drug-likeness (QED) is 0.591. The van der Waals surface area contributed by atoms with Gasteiger partial charge in [-0.25, -0.2) is 0 Å². The smallest absolute Gasteiger partial charge is 0.219 e. The number of amides is 1. The molecule has 0 saturated carbocycles. The van der Waals surface area contributed by atoms with Gasteiger partial charge in [-0.05, 0) is 74.2 Å². The third-order valence-electron chi connectivity index (χ3n) is 7.49. The number of hydrogen-bond acceptors (Lipinski definition) is 7. The normalized spacial score (nSPS) is 22.4. The summed E-state index contributed by atoms with van der Waals surface area (Å²) in [6.45, 7) is 9.20. The average Bonchev–Trinajstić information content (AvgIpc) is 3.01. The van der Waals surface area contributed by atoms with Crippen molar-refractivity contribution in [1.82, 2.24) is 9.80 Å². The molecule has 2 aliphatic heterocycles. The van der Waals surface area contributed by atoms with Gasteiger partial charge in [0.2, 0.25) is 5.91 Å². The highest BCUT2D eigenvalue weighted by Crippen LogP contribution is 2.29. The van der Waals surface area contributed by atoms with Crippen LogP contribution in [0.1, 0.15) is 30.9 Å². The highest BCUT2D eigenvalue weighted by atomic mass is 16.5. The monoisotopic (exact) mass is 511 g/mol. The lowest BCUT2D eigenvalue weighted by molar-refractivity contribution is -0.132. The van der Waals surface area contributed by atoms with Crippen LogP contribution < -0.4 is 14.4 Å². The molecule has 0 aromatic heterocycles. The van der Waals surface area contributed by atoms with Crippen LogP contribution in [0.25, 0.3) is 0 Å². The van der Waals surface area contributed by atoms with Crippen molar-refractivity contribution in [2.75, 3.05) is 64.4 Å². The molecule has 2 aromatic carbocycles. The molecule has 0 unspecified atom stereocenters. The molecular formula is C29H41N3O5. The van der Waals surface area contributed by atoms with Crippen LogP contribution in [0, 0.1) is 13.8 Å². The highest BCUT2D eigenvalue weighted by molar-refractivity contribution is 5.73. The van der Waals surface area contributed by atoms with E-state index in [0.717, 1.165) is 35.7 Å². The number of carbonyl (C=O) groups excluding carboxylic acids is 1. The fourth-order valence-electron chi connectivity index (χ4n) is 5.52. The number of rotatable bonds is 7. The van der Waals surface area contributed by atoms with Crippen LogP contribution in [-0.2, 0) is 4.79 Å². The Labute approximate surface area is 220 Å². The van der Waals surface area contributed by atoms with Gasteiger partial charge in [-0.3, -0.25) is 9.69 Å². The van der Waals surface area contributed by atoms with Crippen LogP contribution in [0.15, 0.2) is 42.5 Å². The maximum Gasteiger partial charge on any atom is 0.219 e. The summed E-state index contributed by atoms with van der Waals surface area (Å²) in [4.78, 5) is 18.3. The molecule has 2 aliphatic rings. The molecule has 8 heteroatoms. The summed E-state index contributed by atoms with van der Waals surface area (Å²) in [6, 6.07) is 14.0. The lowest BCUT2D eigenvalue weighted by atomic mass is 9.90. The molecule has 0 aliphatic carbocycles. The number of ether oxygens (including phenoxy) is 2. The van der Waals surface area contributed by atoms with E-state index in [0.29, 0.717) is 44.8 Å². The van der Waals surface area contributed by atoms with E-state index in [1.54, 1.807) is 12.0 Å². The number of anilines is 1. The lowest BCUT2D eigenvalue weighted by Gasteiger charge is -2.42. The summed E-state index contributed by atoms with van der Waals surface area (Å²) in [5.41, 5.74) is 1.20. The third kappa shape index (κ3) is 7.15. The lowest BCUT2D eigenvalue weighted by Crippen LogP contribution is -2.55. The van der Waals surface area contributed by atoms with E-state index in [4.69, 9.17) is 9.47 Å². The van der Waals surface area contributed by atoms with Gasteiger partial charge in [-0.2, -0.15) is 0 Å². The molecule has 2 fully saturated rings. The predicted molar refractivity (Wildman–Crippen MR) is 144 cm³/mol. The predicted octanol–water partition coefficient (Wildman–Crippen LogP) is 2.62. The Kier molecular flexibility index (Phi) is 8.31. The molecule has 4 rings (SSSR count). The topological polar surface area (TPSA) is 85.7 Å². The second-order valence-corrected chi connectivity index (χ2v) is 10.9. The molecule has 0 spiro atoms. The number of nitrogens with zero attached hydrogens (tertiary/aromatic N) is 3. The van der Waals surface area contributed by atoms with Gasteiger partial charge in [-0.1, -0.05) is 6.07 Å². The first-order valence-corrected chi connectivity index (χ1v) is 13.1. The molecule has 0 radical (unpaired) electrons. The van der Waals surface area contributed by atoms with Crippen molar-refractivity contribution in [2.24, 2.45) is 0 Å². The van der Waals surface area contributed by atoms with Crippen LogP contribution in [0.5, 0.6) is 11.5 Å². The Hall–Kier alpha value is -2.81. The number of hydrogen-bond donors (Lipinski definition) is 2. The number of piperidine rings is 1. The van der Waals surface area contributed by atoms with Crippen molar-refractivity contribution in [3.05, 3.63) is 53.6 Å². The fraction of sp³-hybridized carbons (Fsp3) is 0.552. The number of β-amino-alcohol motifs (C(OH)–C–C–N with tert-alkyl or cyclic N) is 2. The number of aryl methyl sites for hydroxylation is 2. The van der Waals surface area contributed by atoms with Crippen LogP contribution in [0.2, 0.25) is 0 Å². The van der Waals surface area contributed by atoms with Gasteiger partial charge in [0.1, 0.15) is 23.7 Å². The summed E-state index contributed by atoms with van der Waals surface area (Å²) in [5, 5.41) is 23.1. The standard InChI is InChI=1S/C29H41N3O5/c1-22-15-23(2)17-27(16-22)37-21-29(35)19-30(13-14-32(20-29)24(3)33)18-28(34)9-11-31(12-10-28)25-5-7-26(36-4)8-6-25/h5-8,15-17,34-35H,9-14,18-21H2,1-4H3/t29-/m1/s1. The molecule has 2 saturated heterocycles. The second-order valence-electron chi connectivity index (χ2n) is 10.9. The third-order valence-corrected chi connectivity index (χ3v) is 7.49. The van der Waals surface area contributed by atoms with Crippen molar-refractivity contribution in [1.29, 1.82) is 0 Å². The zero-order valence-electron chi connectivity index (χ0n) is 22.6. The van der Waals surface area contributed by atoms with Gasteiger partial charge in [0.05, 0.1) is 19.3 Å². The minimum Gasteiger partial charge on any atom is -0.497 e. The Morgan fingerprint density at radius 2 is 1.54 bits per heavy atom. The SMILES string of the molecule is COc1ccc(N2CCC(O)(CN3CCN(C(C)=O)C[C@@](O)(COc4cc(C)cc(C)c4)C3)CC2)cc1. The molecule has 0 bridgehead atoms. The molecule has 2 heterocycles. The van der Waals surface area contributed by atoms with Crippen molar-refractivity contribution < 1.29 is 24.5 Å². The van der Waals surface area contributed by atoms with E-state index in [-0.39, 0.29) is 19.1 Å². The van der Waals surface area contributed by atoms with Crippen molar-refractivity contribution >= 4 is 11.6 Å². The van der Waals surface area contributed by atoms with E-state index in [1.165, 1.54) is 6.92 Å². The van der Waals surface area contributed by atoms with Crippen molar-refractivity contribution in [2.45, 2.75) is 44.8 Å². The average molecular weight is 512 g/mol. The van der Waals surface area contributed by atoms with Crippen LogP contribution >= 0.6 is 0 Å². The Morgan fingerprint density at radius 3 is 2.14 bits per heavy atom. The van der Waals surface area contributed by atoms with Crippen molar-refractivity contribution in [3.63, 3.8) is 0 Å². The second kappa shape index (κ2) is 11.3. The maximum absolute atomic E-state index is 12.3. The minimum atomic E-state index is -1.25.